The predicted octanol–water partition coefficient (Wildman–Crippen LogP) is 5.82. The van der Waals surface area contributed by atoms with Crippen molar-refractivity contribution in [2.24, 2.45) is 0 Å². The highest BCUT2D eigenvalue weighted by molar-refractivity contribution is 5.95. The molecular formula is C26H29NO3. The van der Waals surface area contributed by atoms with Gasteiger partial charge in [0.15, 0.2) is 6.10 Å². The van der Waals surface area contributed by atoms with Gasteiger partial charge in [0.2, 0.25) is 0 Å². The van der Waals surface area contributed by atoms with Crippen molar-refractivity contribution in [3.05, 3.63) is 90.0 Å². The third-order valence-electron chi connectivity index (χ3n) is 5.20. The average molecular weight is 404 g/mol. The Balaban J connectivity index is 1.66. The maximum absolute atomic E-state index is 12.6. The zero-order valence-electron chi connectivity index (χ0n) is 18.0. The molecular weight excluding hydrogens is 374 g/mol. The molecule has 0 fully saturated rings. The second-order valence-electron chi connectivity index (χ2n) is 7.69. The molecule has 3 rings (SSSR count). The number of hydrogen-bond acceptors (Lipinski definition) is 3. The first-order valence-electron chi connectivity index (χ1n) is 10.3. The quantitative estimate of drug-likeness (QED) is 0.516. The molecule has 0 aliphatic heterocycles. The Morgan fingerprint density at radius 1 is 0.900 bits per heavy atom. The summed E-state index contributed by atoms with van der Waals surface area (Å²) >= 11 is 0. The molecule has 0 saturated carbocycles. The van der Waals surface area contributed by atoms with E-state index in [9.17, 15) is 4.79 Å². The summed E-state index contributed by atoms with van der Waals surface area (Å²) in [6.45, 7) is 8.58. The smallest absolute Gasteiger partial charge is 0.265 e. The van der Waals surface area contributed by atoms with Crippen LogP contribution in [0.1, 0.15) is 38.8 Å². The number of carbonyl (C=O) groups excluding carboxylic acids is 1. The second-order valence-corrected chi connectivity index (χ2v) is 7.69. The lowest BCUT2D eigenvalue weighted by Crippen LogP contribution is -2.30. The van der Waals surface area contributed by atoms with Gasteiger partial charge in [-0.1, -0.05) is 68.4 Å². The summed E-state index contributed by atoms with van der Waals surface area (Å²) < 4.78 is 11.4. The Bertz CT molecular complexity index is 965. The molecule has 0 saturated heterocycles. The molecule has 0 aliphatic carbocycles. The largest absolute Gasteiger partial charge is 0.492 e. The maximum Gasteiger partial charge on any atom is 0.265 e. The fourth-order valence-corrected chi connectivity index (χ4v) is 3.31. The van der Waals surface area contributed by atoms with E-state index in [1.54, 1.807) is 6.92 Å². The van der Waals surface area contributed by atoms with Crippen LogP contribution in [0.5, 0.6) is 11.5 Å². The van der Waals surface area contributed by atoms with Crippen LogP contribution >= 0.6 is 0 Å². The van der Waals surface area contributed by atoms with Crippen LogP contribution < -0.4 is 14.8 Å². The summed E-state index contributed by atoms with van der Waals surface area (Å²) in [5.74, 6) is 1.08. The Hall–Kier alpha value is -3.27. The molecule has 1 amide bonds. The lowest BCUT2D eigenvalue weighted by molar-refractivity contribution is -0.122. The standard InChI is InChI=1S/C26H29NO3/c1-5-29-24-14-10-9-13-23(24)27-25(28)19(2)30-22-17-15-21(16-18-22)26(3,4)20-11-7-6-8-12-20/h6-19H,5H2,1-4H3,(H,27,28). The van der Waals surface area contributed by atoms with E-state index in [1.165, 1.54) is 11.1 Å². The molecule has 0 aromatic heterocycles. The van der Waals surface area contributed by atoms with Gasteiger partial charge in [-0.2, -0.15) is 0 Å². The molecule has 0 radical (unpaired) electrons. The van der Waals surface area contributed by atoms with Gasteiger partial charge in [0, 0.05) is 5.41 Å². The highest BCUT2D eigenvalue weighted by atomic mass is 16.5. The summed E-state index contributed by atoms with van der Waals surface area (Å²) in [6.07, 6.45) is -0.646. The van der Waals surface area contributed by atoms with Crippen molar-refractivity contribution < 1.29 is 14.3 Å². The monoisotopic (exact) mass is 403 g/mol. The van der Waals surface area contributed by atoms with E-state index >= 15 is 0 Å². The van der Waals surface area contributed by atoms with Crippen molar-refractivity contribution in [1.82, 2.24) is 0 Å². The van der Waals surface area contributed by atoms with Gasteiger partial charge in [0.1, 0.15) is 11.5 Å². The Kier molecular flexibility index (Phi) is 6.78. The van der Waals surface area contributed by atoms with Crippen LogP contribution in [0.4, 0.5) is 5.69 Å². The van der Waals surface area contributed by atoms with Crippen LogP contribution in [0, 0.1) is 0 Å². The first-order chi connectivity index (χ1) is 14.4. The van der Waals surface area contributed by atoms with Crippen molar-refractivity contribution in [3.63, 3.8) is 0 Å². The molecule has 0 heterocycles. The van der Waals surface area contributed by atoms with Crippen LogP contribution in [-0.2, 0) is 10.2 Å². The van der Waals surface area contributed by atoms with Crippen molar-refractivity contribution >= 4 is 11.6 Å². The molecule has 1 atom stereocenters. The number of benzene rings is 3. The lowest BCUT2D eigenvalue weighted by atomic mass is 9.78. The van der Waals surface area contributed by atoms with Gasteiger partial charge < -0.3 is 14.8 Å². The number of anilines is 1. The minimum Gasteiger partial charge on any atom is -0.492 e. The highest BCUT2D eigenvalue weighted by Crippen LogP contribution is 2.32. The van der Waals surface area contributed by atoms with E-state index in [0.29, 0.717) is 23.8 Å². The summed E-state index contributed by atoms with van der Waals surface area (Å²) in [7, 11) is 0. The molecule has 0 spiro atoms. The zero-order chi connectivity index (χ0) is 21.6. The molecule has 0 bridgehead atoms. The molecule has 156 valence electrons. The number of nitrogens with one attached hydrogen (secondary N) is 1. The third-order valence-corrected chi connectivity index (χ3v) is 5.20. The fraction of sp³-hybridized carbons (Fsp3) is 0.269. The average Bonchev–Trinajstić information content (AvgIpc) is 2.76. The van der Waals surface area contributed by atoms with Gasteiger partial charge in [-0.25, -0.2) is 0 Å². The van der Waals surface area contributed by atoms with Crippen LogP contribution in [0.3, 0.4) is 0 Å². The molecule has 3 aromatic rings. The first kappa shape index (κ1) is 21.4. The molecule has 1 unspecified atom stereocenters. The highest BCUT2D eigenvalue weighted by Gasteiger charge is 2.23. The zero-order valence-corrected chi connectivity index (χ0v) is 18.0. The molecule has 0 aliphatic rings. The Morgan fingerprint density at radius 3 is 2.17 bits per heavy atom. The summed E-state index contributed by atoms with van der Waals surface area (Å²) in [5.41, 5.74) is 2.95. The van der Waals surface area contributed by atoms with E-state index in [2.05, 4.69) is 55.6 Å². The molecule has 3 aromatic carbocycles. The number of ether oxygens (including phenoxy) is 2. The van der Waals surface area contributed by atoms with E-state index in [4.69, 9.17) is 9.47 Å². The third kappa shape index (κ3) is 5.01. The van der Waals surface area contributed by atoms with Crippen molar-refractivity contribution in [2.45, 2.75) is 39.2 Å². The Labute approximate surface area is 178 Å². The first-order valence-corrected chi connectivity index (χ1v) is 10.3. The molecule has 1 N–H and O–H groups in total. The number of para-hydroxylation sites is 2. The minimum absolute atomic E-state index is 0.119. The number of carbonyl (C=O) groups is 1. The molecule has 4 heteroatoms. The van der Waals surface area contributed by atoms with Crippen molar-refractivity contribution in [3.8, 4) is 11.5 Å². The van der Waals surface area contributed by atoms with E-state index in [0.717, 1.165) is 0 Å². The number of rotatable bonds is 8. The van der Waals surface area contributed by atoms with Crippen molar-refractivity contribution in [2.75, 3.05) is 11.9 Å². The van der Waals surface area contributed by atoms with Crippen LogP contribution in [0.25, 0.3) is 0 Å². The van der Waals surface area contributed by atoms with Gasteiger partial charge in [0.05, 0.1) is 12.3 Å². The topological polar surface area (TPSA) is 47.6 Å². The molecule has 4 nitrogen and oxygen atoms in total. The van der Waals surface area contributed by atoms with E-state index in [1.807, 2.05) is 49.4 Å². The van der Waals surface area contributed by atoms with Gasteiger partial charge in [-0.3, -0.25) is 4.79 Å². The number of hydrogen-bond donors (Lipinski definition) is 1. The van der Waals surface area contributed by atoms with Crippen LogP contribution in [0.15, 0.2) is 78.9 Å². The van der Waals surface area contributed by atoms with Crippen molar-refractivity contribution in [1.29, 1.82) is 0 Å². The fourth-order valence-electron chi connectivity index (χ4n) is 3.31. The van der Waals surface area contributed by atoms with Crippen LogP contribution in [0.2, 0.25) is 0 Å². The summed E-state index contributed by atoms with van der Waals surface area (Å²) in [4.78, 5) is 12.6. The SMILES string of the molecule is CCOc1ccccc1NC(=O)C(C)Oc1ccc(C(C)(C)c2ccccc2)cc1. The van der Waals surface area contributed by atoms with E-state index < -0.39 is 6.10 Å². The van der Waals surface area contributed by atoms with Gasteiger partial charge >= 0.3 is 0 Å². The second kappa shape index (κ2) is 9.49. The summed E-state index contributed by atoms with van der Waals surface area (Å²) in [5, 5.41) is 2.88. The maximum atomic E-state index is 12.6. The van der Waals surface area contributed by atoms with Crippen LogP contribution in [-0.4, -0.2) is 18.6 Å². The molecule has 30 heavy (non-hydrogen) atoms. The lowest BCUT2D eigenvalue weighted by Gasteiger charge is -2.26. The number of amides is 1. The van der Waals surface area contributed by atoms with Gasteiger partial charge in [0.25, 0.3) is 5.91 Å². The van der Waals surface area contributed by atoms with Gasteiger partial charge in [-0.15, -0.1) is 0 Å². The summed E-state index contributed by atoms with van der Waals surface area (Å²) in [6, 6.07) is 25.7. The normalized spacial score (nSPS) is 12.1. The van der Waals surface area contributed by atoms with E-state index in [-0.39, 0.29) is 11.3 Å². The van der Waals surface area contributed by atoms with Gasteiger partial charge in [-0.05, 0) is 49.2 Å². The minimum atomic E-state index is -0.646. The predicted molar refractivity (Wildman–Crippen MR) is 121 cm³/mol. The Morgan fingerprint density at radius 2 is 1.50 bits per heavy atom.